The first-order valence-corrected chi connectivity index (χ1v) is 14.3. The molecule has 0 saturated heterocycles. The maximum absolute atomic E-state index is 12.9. The van der Waals surface area contributed by atoms with E-state index in [0.29, 0.717) is 31.1 Å². The number of hydrogen-bond donors (Lipinski definition) is 2. The van der Waals surface area contributed by atoms with Gasteiger partial charge in [-0.2, -0.15) is 0 Å². The predicted octanol–water partition coefficient (Wildman–Crippen LogP) is 6.34. The summed E-state index contributed by atoms with van der Waals surface area (Å²) in [4.78, 5) is 12.9. The van der Waals surface area contributed by atoms with E-state index in [4.69, 9.17) is 18.9 Å². The molecule has 0 aromatic heterocycles. The lowest BCUT2D eigenvalue weighted by molar-refractivity contribution is -0.123. The van der Waals surface area contributed by atoms with Gasteiger partial charge in [0.1, 0.15) is 36.2 Å². The largest absolute Gasteiger partial charge is 0.497 e. The van der Waals surface area contributed by atoms with Crippen LogP contribution in [0.4, 0.5) is 0 Å². The van der Waals surface area contributed by atoms with Crippen molar-refractivity contribution in [1.82, 2.24) is 5.32 Å². The maximum Gasteiger partial charge on any atom is 0.223 e. The van der Waals surface area contributed by atoms with E-state index in [0.717, 1.165) is 41.9 Å². The van der Waals surface area contributed by atoms with Crippen LogP contribution in [0.3, 0.4) is 0 Å². The minimum atomic E-state index is -0.858. The molecule has 0 radical (unpaired) electrons. The molecule has 7 nitrogen and oxygen atoms in total. The number of nitrogens with one attached hydrogen (secondary N) is 1. The predicted molar refractivity (Wildman–Crippen MR) is 160 cm³/mol. The third-order valence-electron chi connectivity index (χ3n) is 7.08. The van der Waals surface area contributed by atoms with E-state index in [1.54, 1.807) is 7.11 Å². The smallest absolute Gasteiger partial charge is 0.223 e. The molecule has 7 heteroatoms. The number of methoxy groups -OCH3 is 1. The number of amides is 1. The van der Waals surface area contributed by atoms with Gasteiger partial charge < -0.3 is 29.4 Å². The summed E-state index contributed by atoms with van der Waals surface area (Å²) in [5.41, 5.74) is 3.15. The molecule has 3 aromatic rings. The molecule has 1 amide bonds. The van der Waals surface area contributed by atoms with Crippen LogP contribution < -0.4 is 24.3 Å². The third-order valence-corrected chi connectivity index (χ3v) is 7.08. The molecule has 0 spiro atoms. The number of hydrogen-bond acceptors (Lipinski definition) is 6. The Bertz CT molecular complexity index is 1250. The monoisotopic (exact) mass is 559 g/mol. The number of carbonyl (C=O) groups is 1. The van der Waals surface area contributed by atoms with Crippen molar-refractivity contribution in [3.8, 4) is 23.0 Å². The zero-order valence-corrected chi connectivity index (χ0v) is 24.0. The molecular weight excluding hydrogens is 518 g/mol. The number of ether oxygens (including phenoxy) is 4. The van der Waals surface area contributed by atoms with Crippen LogP contribution in [-0.2, 0) is 4.79 Å². The summed E-state index contributed by atoms with van der Waals surface area (Å²) in [6.45, 7) is 3.10. The van der Waals surface area contributed by atoms with Gasteiger partial charge in [-0.3, -0.25) is 4.79 Å². The van der Waals surface area contributed by atoms with Crippen LogP contribution in [-0.4, -0.2) is 44.0 Å². The maximum atomic E-state index is 12.9. The van der Waals surface area contributed by atoms with E-state index >= 15 is 0 Å². The molecule has 218 valence electrons. The lowest BCUT2D eigenvalue weighted by atomic mass is 9.90. The SMILES string of the molecule is COc1ccc(OCCC(=O)N[C@H](CC2=CCCCC2)[C@H](O)c2ccc(OCCOc3cccc(C)c3)cc2)cc1. The summed E-state index contributed by atoms with van der Waals surface area (Å²) < 4.78 is 22.5. The highest BCUT2D eigenvalue weighted by molar-refractivity contribution is 5.76. The van der Waals surface area contributed by atoms with E-state index < -0.39 is 12.1 Å². The molecule has 0 heterocycles. The van der Waals surface area contributed by atoms with Gasteiger partial charge in [-0.05, 0) is 98.7 Å². The number of aryl methyl sites for hydroxylation is 1. The fourth-order valence-corrected chi connectivity index (χ4v) is 4.84. The van der Waals surface area contributed by atoms with Crippen LogP contribution in [0.25, 0.3) is 0 Å². The normalized spacial score (nSPS) is 14.4. The average molecular weight is 560 g/mol. The van der Waals surface area contributed by atoms with Gasteiger partial charge in [0.2, 0.25) is 5.91 Å². The number of benzene rings is 3. The second-order valence-electron chi connectivity index (χ2n) is 10.3. The fourth-order valence-electron chi connectivity index (χ4n) is 4.84. The van der Waals surface area contributed by atoms with Crippen molar-refractivity contribution in [2.75, 3.05) is 26.9 Å². The number of allylic oxidation sites excluding steroid dienone is 1. The average Bonchev–Trinajstić information content (AvgIpc) is 3.00. The van der Waals surface area contributed by atoms with E-state index in [-0.39, 0.29) is 18.9 Å². The van der Waals surface area contributed by atoms with Gasteiger partial charge in [0, 0.05) is 0 Å². The number of aliphatic hydroxyl groups is 1. The highest BCUT2D eigenvalue weighted by Gasteiger charge is 2.24. The first-order valence-electron chi connectivity index (χ1n) is 14.3. The Balaban J connectivity index is 1.29. The second kappa shape index (κ2) is 15.7. The molecule has 4 rings (SSSR count). The van der Waals surface area contributed by atoms with Gasteiger partial charge in [-0.15, -0.1) is 0 Å². The van der Waals surface area contributed by atoms with Crippen LogP contribution in [0.2, 0.25) is 0 Å². The van der Waals surface area contributed by atoms with Crippen LogP contribution >= 0.6 is 0 Å². The minimum absolute atomic E-state index is 0.160. The first-order chi connectivity index (χ1) is 20.0. The zero-order valence-electron chi connectivity index (χ0n) is 24.0. The lowest BCUT2D eigenvalue weighted by Gasteiger charge is -2.27. The van der Waals surface area contributed by atoms with Gasteiger partial charge in [0.25, 0.3) is 0 Å². The third kappa shape index (κ3) is 9.87. The van der Waals surface area contributed by atoms with Crippen molar-refractivity contribution in [3.63, 3.8) is 0 Å². The Morgan fingerprint density at radius 1 is 0.854 bits per heavy atom. The zero-order chi connectivity index (χ0) is 28.9. The molecule has 1 aliphatic rings. The lowest BCUT2D eigenvalue weighted by Crippen LogP contribution is -2.40. The highest BCUT2D eigenvalue weighted by atomic mass is 16.5. The van der Waals surface area contributed by atoms with E-state index in [1.165, 1.54) is 12.0 Å². The van der Waals surface area contributed by atoms with Gasteiger partial charge in [0.15, 0.2) is 0 Å². The fraction of sp³-hybridized carbons (Fsp3) is 0.382. The summed E-state index contributed by atoms with van der Waals surface area (Å²) >= 11 is 0. The molecular formula is C34H41NO6. The quantitative estimate of drug-likeness (QED) is 0.167. The van der Waals surface area contributed by atoms with Crippen molar-refractivity contribution in [2.45, 2.75) is 57.6 Å². The molecule has 0 fully saturated rings. The van der Waals surface area contributed by atoms with Crippen molar-refractivity contribution in [1.29, 1.82) is 0 Å². The molecule has 0 unspecified atom stereocenters. The van der Waals surface area contributed by atoms with Crippen molar-refractivity contribution in [3.05, 3.63) is 95.6 Å². The molecule has 41 heavy (non-hydrogen) atoms. The molecule has 2 N–H and O–H groups in total. The summed E-state index contributed by atoms with van der Waals surface area (Å²) in [6, 6.07) is 22.1. The van der Waals surface area contributed by atoms with Gasteiger partial charge in [-0.1, -0.05) is 35.9 Å². The molecule has 0 saturated carbocycles. The summed E-state index contributed by atoms with van der Waals surface area (Å²) in [5.74, 6) is 2.77. The molecule has 3 aromatic carbocycles. The minimum Gasteiger partial charge on any atom is -0.497 e. The Kier molecular flexibility index (Phi) is 11.5. The van der Waals surface area contributed by atoms with Crippen LogP contribution in [0.5, 0.6) is 23.0 Å². The van der Waals surface area contributed by atoms with Crippen molar-refractivity contribution < 1.29 is 28.8 Å². The van der Waals surface area contributed by atoms with Crippen LogP contribution in [0, 0.1) is 6.92 Å². The van der Waals surface area contributed by atoms with Crippen molar-refractivity contribution >= 4 is 5.91 Å². The van der Waals surface area contributed by atoms with E-state index in [9.17, 15) is 9.90 Å². The van der Waals surface area contributed by atoms with E-state index in [1.807, 2.05) is 79.7 Å². The Labute approximate surface area is 243 Å². The van der Waals surface area contributed by atoms with Crippen LogP contribution in [0.1, 0.15) is 55.8 Å². The number of aliphatic hydroxyl groups excluding tert-OH is 1. The molecule has 0 bridgehead atoms. The number of rotatable bonds is 15. The highest BCUT2D eigenvalue weighted by Crippen LogP contribution is 2.28. The van der Waals surface area contributed by atoms with Gasteiger partial charge >= 0.3 is 0 Å². The Morgan fingerprint density at radius 3 is 2.17 bits per heavy atom. The van der Waals surface area contributed by atoms with Crippen LogP contribution in [0.15, 0.2) is 84.4 Å². The molecule has 0 aliphatic heterocycles. The second-order valence-corrected chi connectivity index (χ2v) is 10.3. The van der Waals surface area contributed by atoms with Crippen molar-refractivity contribution in [2.24, 2.45) is 0 Å². The summed E-state index contributed by atoms with van der Waals surface area (Å²) in [5, 5.41) is 14.4. The Morgan fingerprint density at radius 2 is 1.51 bits per heavy atom. The van der Waals surface area contributed by atoms with E-state index in [2.05, 4.69) is 11.4 Å². The van der Waals surface area contributed by atoms with Gasteiger partial charge in [-0.25, -0.2) is 0 Å². The standard InChI is InChI=1S/C34H41NO6/c1-25-7-6-10-31(23-25)41-22-21-40-29-13-11-27(12-14-29)34(37)32(24-26-8-4-3-5-9-26)35-33(36)19-20-39-30-17-15-28(38-2)16-18-30/h6-8,10-18,23,32,34,37H,3-5,9,19-22,24H2,1-2H3,(H,35,36)/t32-,34-/m1/s1. The Hall–Kier alpha value is -3.97. The molecule has 1 aliphatic carbocycles. The van der Waals surface area contributed by atoms with Gasteiger partial charge in [0.05, 0.1) is 32.3 Å². The topological polar surface area (TPSA) is 86.3 Å². The number of carbonyl (C=O) groups excluding carboxylic acids is 1. The summed E-state index contributed by atoms with van der Waals surface area (Å²) in [6.07, 6.45) is 6.55. The first kappa shape index (κ1) is 30.0. The molecule has 2 atom stereocenters. The summed E-state index contributed by atoms with van der Waals surface area (Å²) in [7, 11) is 1.61.